The van der Waals surface area contributed by atoms with Crippen LogP contribution in [-0.2, 0) is 12.8 Å². The largest absolute Gasteiger partial charge is 0.504 e. The van der Waals surface area contributed by atoms with Crippen LogP contribution >= 0.6 is 0 Å². The molecule has 0 heterocycles. The van der Waals surface area contributed by atoms with Crippen LogP contribution < -0.4 is 14.2 Å². The smallest absolute Gasteiger partial charge is 0.203 e. The summed E-state index contributed by atoms with van der Waals surface area (Å²) in [5, 5.41) is 10.4. The first-order chi connectivity index (χ1) is 12.1. The van der Waals surface area contributed by atoms with E-state index in [1.807, 2.05) is 18.2 Å². The van der Waals surface area contributed by atoms with Crippen LogP contribution in [0.5, 0.6) is 23.0 Å². The molecule has 0 fully saturated rings. The lowest BCUT2D eigenvalue weighted by atomic mass is 9.80. The minimum Gasteiger partial charge on any atom is -0.504 e. The zero-order chi connectivity index (χ0) is 18.0. The summed E-state index contributed by atoms with van der Waals surface area (Å²) >= 11 is 0. The number of ether oxygens (including phenoxy) is 3. The van der Waals surface area contributed by atoms with Gasteiger partial charge in [0.05, 0.1) is 26.9 Å². The quantitative estimate of drug-likeness (QED) is 0.844. The molecular weight excluding hydrogens is 320 g/mol. The number of phenols is 1. The van der Waals surface area contributed by atoms with Gasteiger partial charge in [0.25, 0.3) is 0 Å². The molecule has 1 atom stereocenters. The molecule has 0 aliphatic heterocycles. The fourth-order valence-electron chi connectivity index (χ4n) is 3.41. The summed E-state index contributed by atoms with van der Waals surface area (Å²) in [6.07, 6.45) is 2.22. The lowest BCUT2D eigenvalue weighted by Gasteiger charge is -2.24. The number of carbonyl (C=O) groups is 1. The molecule has 0 amide bonds. The van der Waals surface area contributed by atoms with Crippen molar-refractivity contribution < 1.29 is 24.1 Å². The number of benzene rings is 2. The second-order valence-corrected chi connectivity index (χ2v) is 6.14. The number of methoxy groups -OCH3 is 3. The first-order valence-electron chi connectivity index (χ1n) is 8.23. The average molecular weight is 342 g/mol. The highest BCUT2D eigenvalue weighted by atomic mass is 16.5. The van der Waals surface area contributed by atoms with E-state index < -0.39 is 0 Å². The monoisotopic (exact) mass is 342 g/mol. The number of hydrogen-bond acceptors (Lipinski definition) is 5. The van der Waals surface area contributed by atoms with Gasteiger partial charge in [-0.1, -0.05) is 6.07 Å². The summed E-state index contributed by atoms with van der Waals surface area (Å²) < 4.78 is 15.6. The van der Waals surface area contributed by atoms with Gasteiger partial charge in [0.1, 0.15) is 5.75 Å². The van der Waals surface area contributed by atoms with Crippen molar-refractivity contribution in [3.63, 3.8) is 0 Å². The minimum absolute atomic E-state index is 0.0695. The minimum atomic E-state index is -0.162. The summed E-state index contributed by atoms with van der Waals surface area (Å²) in [5.41, 5.74) is 2.66. The average Bonchev–Trinajstić information content (AvgIpc) is 2.66. The van der Waals surface area contributed by atoms with E-state index in [1.54, 1.807) is 19.2 Å². The second kappa shape index (κ2) is 7.05. The summed E-state index contributed by atoms with van der Waals surface area (Å²) in [5.74, 6) is 1.03. The lowest BCUT2D eigenvalue weighted by Crippen LogP contribution is -2.23. The first kappa shape index (κ1) is 17.1. The lowest BCUT2D eigenvalue weighted by molar-refractivity contribution is 0.0905. The Labute approximate surface area is 147 Å². The molecule has 5 nitrogen and oxygen atoms in total. The van der Waals surface area contributed by atoms with Crippen LogP contribution in [0.2, 0.25) is 0 Å². The molecule has 1 unspecified atom stereocenters. The normalized spacial score (nSPS) is 16.0. The van der Waals surface area contributed by atoms with Crippen LogP contribution in [0, 0.1) is 5.92 Å². The fraction of sp³-hybridized carbons (Fsp3) is 0.350. The SMILES string of the molecule is COc1ccc2c(c1)CCC(C(=O)c1ccc(OC)c(OC)c1O)C2. The Kier molecular flexibility index (Phi) is 4.83. The number of aryl methyl sites for hydroxylation is 1. The van der Waals surface area contributed by atoms with Crippen molar-refractivity contribution >= 4 is 5.78 Å². The molecular formula is C20H22O5. The van der Waals surface area contributed by atoms with Crippen LogP contribution in [0.3, 0.4) is 0 Å². The molecule has 25 heavy (non-hydrogen) atoms. The van der Waals surface area contributed by atoms with Crippen molar-refractivity contribution in [2.24, 2.45) is 5.92 Å². The topological polar surface area (TPSA) is 65.0 Å². The van der Waals surface area contributed by atoms with Crippen LogP contribution in [0.15, 0.2) is 30.3 Å². The first-order valence-corrected chi connectivity index (χ1v) is 8.23. The molecule has 0 radical (unpaired) electrons. The van der Waals surface area contributed by atoms with E-state index in [-0.39, 0.29) is 28.8 Å². The van der Waals surface area contributed by atoms with Crippen LogP contribution in [-0.4, -0.2) is 32.2 Å². The van der Waals surface area contributed by atoms with E-state index in [0.29, 0.717) is 12.2 Å². The molecule has 3 rings (SSSR count). The zero-order valence-electron chi connectivity index (χ0n) is 14.7. The Hall–Kier alpha value is -2.69. The Balaban J connectivity index is 1.87. The third-order valence-electron chi connectivity index (χ3n) is 4.80. The van der Waals surface area contributed by atoms with Gasteiger partial charge >= 0.3 is 0 Å². The van der Waals surface area contributed by atoms with Crippen LogP contribution in [0.25, 0.3) is 0 Å². The number of phenolic OH excluding ortho intramolecular Hbond substituents is 1. The van der Waals surface area contributed by atoms with E-state index >= 15 is 0 Å². The Bertz CT molecular complexity index is 797. The molecule has 2 aromatic carbocycles. The molecule has 5 heteroatoms. The van der Waals surface area contributed by atoms with E-state index in [4.69, 9.17) is 14.2 Å². The zero-order valence-corrected chi connectivity index (χ0v) is 14.7. The molecule has 0 spiro atoms. The van der Waals surface area contributed by atoms with E-state index in [0.717, 1.165) is 24.2 Å². The van der Waals surface area contributed by atoms with Crippen molar-refractivity contribution in [3.05, 3.63) is 47.0 Å². The third kappa shape index (κ3) is 3.14. The molecule has 1 aliphatic rings. The highest BCUT2D eigenvalue weighted by Gasteiger charge is 2.29. The molecule has 0 bridgehead atoms. The highest BCUT2D eigenvalue weighted by Crippen LogP contribution is 2.41. The van der Waals surface area contributed by atoms with E-state index in [9.17, 15) is 9.90 Å². The maximum atomic E-state index is 12.9. The maximum absolute atomic E-state index is 12.9. The second-order valence-electron chi connectivity index (χ2n) is 6.14. The molecule has 0 saturated carbocycles. The molecule has 1 aliphatic carbocycles. The summed E-state index contributed by atoms with van der Waals surface area (Å²) in [6.45, 7) is 0. The Morgan fingerprint density at radius 2 is 1.84 bits per heavy atom. The molecule has 2 aromatic rings. The number of Topliss-reactive ketones (excluding diaryl/α,β-unsaturated/α-hetero) is 1. The van der Waals surface area contributed by atoms with Crippen LogP contribution in [0.1, 0.15) is 27.9 Å². The van der Waals surface area contributed by atoms with Crippen LogP contribution in [0.4, 0.5) is 0 Å². The highest BCUT2D eigenvalue weighted by molar-refractivity contribution is 6.01. The van der Waals surface area contributed by atoms with Crippen molar-refractivity contribution in [2.75, 3.05) is 21.3 Å². The van der Waals surface area contributed by atoms with Gasteiger partial charge < -0.3 is 19.3 Å². The number of fused-ring (bicyclic) bond motifs is 1. The van der Waals surface area contributed by atoms with Gasteiger partial charge in [-0.2, -0.15) is 0 Å². The van der Waals surface area contributed by atoms with Crippen molar-refractivity contribution in [1.29, 1.82) is 0 Å². The third-order valence-corrected chi connectivity index (χ3v) is 4.80. The van der Waals surface area contributed by atoms with Gasteiger partial charge in [-0.15, -0.1) is 0 Å². The van der Waals surface area contributed by atoms with Gasteiger partial charge in [-0.05, 0) is 54.7 Å². The summed E-state index contributed by atoms with van der Waals surface area (Å²) in [6, 6.07) is 9.21. The number of hydrogen-bond donors (Lipinski definition) is 1. The van der Waals surface area contributed by atoms with Gasteiger partial charge in [-0.25, -0.2) is 0 Å². The standard InChI is InChI=1S/C20H22O5/c1-23-15-7-6-12-10-14(5-4-13(12)11-15)18(21)16-8-9-17(24-2)20(25-3)19(16)22/h6-9,11,14,22H,4-5,10H2,1-3H3. The number of aromatic hydroxyl groups is 1. The van der Waals surface area contributed by atoms with Crippen molar-refractivity contribution in [1.82, 2.24) is 0 Å². The maximum Gasteiger partial charge on any atom is 0.203 e. The molecule has 0 saturated heterocycles. The number of carbonyl (C=O) groups excluding carboxylic acids is 1. The Morgan fingerprint density at radius 3 is 2.52 bits per heavy atom. The summed E-state index contributed by atoms with van der Waals surface area (Å²) in [7, 11) is 4.58. The molecule has 0 aromatic heterocycles. The summed E-state index contributed by atoms with van der Waals surface area (Å²) in [4.78, 5) is 12.9. The predicted octanol–water partition coefficient (Wildman–Crippen LogP) is 3.41. The molecule has 132 valence electrons. The van der Waals surface area contributed by atoms with Crippen molar-refractivity contribution in [3.8, 4) is 23.0 Å². The van der Waals surface area contributed by atoms with Gasteiger partial charge in [0, 0.05) is 5.92 Å². The molecule has 1 N–H and O–H groups in total. The number of rotatable bonds is 5. The van der Waals surface area contributed by atoms with Gasteiger partial charge in [0.15, 0.2) is 17.3 Å². The van der Waals surface area contributed by atoms with Gasteiger partial charge in [-0.3, -0.25) is 4.79 Å². The van der Waals surface area contributed by atoms with E-state index in [1.165, 1.54) is 19.8 Å². The van der Waals surface area contributed by atoms with E-state index in [2.05, 4.69) is 0 Å². The Morgan fingerprint density at radius 1 is 1.04 bits per heavy atom. The van der Waals surface area contributed by atoms with Crippen molar-refractivity contribution in [2.45, 2.75) is 19.3 Å². The predicted molar refractivity (Wildman–Crippen MR) is 94.1 cm³/mol. The number of ketones is 1. The van der Waals surface area contributed by atoms with Gasteiger partial charge in [0.2, 0.25) is 5.75 Å². The fourth-order valence-corrected chi connectivity index (χ4v) is 3.41.